The van der Waals surface area contributed by atoms with E-state index in [1.165, 1.54) is 18.3 Å². The van der Waals surface area contributed by atoms with E-state index in [1.54, 1.807) is 6.92 Å². The summed E-state index contributed by atoms with van der Waals surface area (Å²) in [5, 5.41) is 9.02. The Hall–Kier alpha value is -1.06. The molecule has 11 heteroatoms. The van der Waals surface area contributed by atoms with Crippen molar-refractivity contribution in [2.75, 3.05) is 4.72 Å². The van der Waals surface area contributed by atoms with E-state index in [-0.39, 0.29) is 25.1 Å². The second kappa shape index (κ2) is 7.45. The number of nitrogens with one attached hydrogen (secondary N) is 1. The molecule has 0 spiro atoms. The second-order valence-corrected chi connectivity index (χ2v) is 8.52. The van der Waals surface area contributed by atoms with Gasteiger partial charge in [0.2, 0.25) is 0 Å². The predicted molar refractivity (Wildman–Crippen MR) is 95.1 cm³/mol. The normalized spacial score (nSPS) is 12.8. The van der Waals surface area contributed by atoms with Crippen LogP contribution in [0.15, 0.2) is 23.2 Å². The Balaban J connectivity index is 2.33. The molecule has 2 rings (SSSR count). The number of nitrogens with zero attached hydrogens (tertiary/aromatic N) is 1. The van der Waals surface area contributed by atoms with Crippen LogP contribution in [0, 0.1) is 0 Å². The first kappa shape index (κ1) is 19.3. The van der Waals surface area contributed by atoms with E-state index in [2.05, 4.69) is 9.71 Å². The Bertz CT molecular complexity index is 883. The molecule has 130 valence electrons. The third kappa shape index (κ3) is 3.94. The molecule has 1 aromatic heterocycles. The van der Waals surface area contributed by atoms with Gasteiger partial charge in [0.1, 0.15) is 4.90 Å². The molecule has 0 aliphatic rings. The van der Waals surface area contributed by atoms with Crippen LogP contribution in [0.5, 0.6) is 0 Å². The van der Waals surface area contributed by atoms with Crippen LogP contribution in [0.1, 0.15) is 24.1 Å². The summed E-state index contributed by atoms with van der Waals surface area (Å²) in [6.07, 6.45) is 1.70. The topological polar surface area (TPSA) is 96.4 Å². The van der Waals surface area contributed by atoms with Crippen molar-refractivity contribution in [3.05, 3.63) is 38.3 Å². The summed E-state index contributed by atoms with van der Waals surface area (Å²) < 4.78 is 27.1. The van der Waals surface area contributed by atoms with Crippen LogP contribution in [0.25, 0.3) is 0 Å². The fourth-order valence-electron chi connectivity index (χ4n) is 1.88. The van der Waals surface area contributed by atoms with Gasteiger partial charge in [0, 0.05) is 11.1 Å². The summed E-state index contributed by atoms with van der Waals surface area (Å²) in [5.74, 6) is -1.74. The maximum Gasteiger partial charge on any atom is 0.311 e. The summed E-state index contributed by atoms with van der Waals surface area (Å²) in [5.41, 5.74) is 0. The summed E-state index contributed by atoms with van der Waals surface area (Å²) in [6, 6.07) is 2.54. The van der Waals surface area contributed by atoms with Crippen LogP contribution in [-0.4, -0.2) is 24.5 Å². The van der Waals surface area contributed by atoms with Gasteiger partial charge in [0.15, 0.2) is 5.13 Å². The molecule has 2 N–H and O–H groups in total. The Morgan fingerprint density at radius 2 is 2.00 bits per heavy atom. The highest BCUT2D eigenvalue weighted by Crippen LogP contribution is 2.36. The van der Waals surface area contributed by atoms with Crippen molar-refractivity contribution >= 4 is 67.3 Å². The quantitative estimate of drug-likeness (QED) is 0.660. The molecular formula is C13H11Cl3N2O4S2. The van der Waals surface area contributed by atoms with Crippen LogP contribution in [-0.2, 0) is 14.8 Å². The lowest BCUT2D eigenvalue weighted by Crippen LogP contribution is -2.13. The number of benzene rings is 1. The Labute approximate surface area is 157 Å². The lowest BCUT2D eigenvalue weighted by molar-refractivity contribution is -0.138. The van der Waals surface area contributed by atoms with Gasteiger partial charge in [-0.25, -0.2) is 13.4 Å². The number of aromatic nitrogens is 1. The molecule has 6 nitrogen and oxygen atoms in total. The monoisotopic (exact) mass is 428 g/mol. The van der Waals surface area contributed by atoms with Gasteiger partial charge in [-0.1, -0.05) is 41.7 Å². The lowest BCUT2D eigenvalue weighted by Gasteiger charge is -2.09. The molecule has 1 heterocycles. The van der Waals surface area contributed by atoms with Crippen LogP contribution in [0.3, 0.4) is 0 Å². The average Bonchev–Trinajstić information content (AvgIpc) is 2.92. The number of hydrogen-bond donors (Lipinski definition) is 2. The molecule has 1 aromatic carbocycles. The number of halogens is 3. The first-order valence-electron chi connectivity index (χ1n) is 6.52. The molecule has 0 fully saturated rings. The van der Waals surface area contributed by atoms with Gasteiger partial charge in [-0.3, -0.25) is 9.52 Å². The number of anilines is 1. The zero-order valence-corrected chi connectivity index (χ0v) is 16.0. The van der Waals surface area contributed by atoms with Crippen LogP contribution in [0.2, 0.25) is 15.1 Å². The van der Waals surface area contributed by atoms with E-state index < -0.39 is 21.9 Å². The van der Waals surface area contributed by atoms with Crippen LogP contribution >= 0.6 is 46.1 Å². The van der Waals surface area contributed by atoms with E-state index in [0.29, 0.717) is 11.3 Å². The molecule has 0 bridgehead atoms. The van der Waals surface area contributed by atoms with Crippen LogP contribution < -0.4 is 4.72 Å². The van der Waals surface area contributed by atoms with Crippen molar-refractivity contribution < 1.29 is 18.3 Å². The molecule has 0 aliphatic carbocycles. The zero-order valence-electron chi connectivity index (χ0n) is 12.1. The minimum Gasteiger partial charge on any atom is -0.481 e. The molecule has 0 aliphatic heterocycles. The number of sulfonamides is 1. The number of hydrogen-bond acceptors (Lipinski definition) is 5. The Kier molecular flexibility index (Phi) is 5.98. The van der Waals surface area contributed by atoms with Gasteiger partial charge >= 0.3 is 5.97 Å². The van der Waals surface area contributed by atoms with Gasteiger partial charge in [0.25, 0.3) is 10.0 Å². The molecular weight excluding hydrogens is 419 g/mol. The van der Waals surface area contributed by atoms with Gasteiger partial charge in [-0.15, -0.1) is 11.3 Å². The maximum absolute atomic E-state index is 12.4. The molecule has 1 atom stereocenters. The van der Waals surface area contributed by atoms with Crippen molar-refractivity contribution in [3.8, 4) is 0 Å². The molecule has 1 unspecified atom stereocenters. The molecule has 0 saturated heterocycles. The minimum absolute atomic E-state index is 0.0341. The summed E-state index contributed by atoms with van der Waals surface area (Å²) in [4.78, 5) is 15.3. The summed E-state index contributed by atoms with van der Waals surface area (Å²) in [6.45, 7) is 1.72. The third-order valence-electron chi connectivity index (χ3n) is 3.08. The third-order valence-corrected chi connectivity index (χ3v) is 7.03. The van der Waals surface area contributed by atoms with E-state index in [4.69, 9.17) is 39.9 Å². The zero-order chi connectivity index (χ0) is 18.1. The van der Waals surface area contributed by atoms with Crippen molar-refractivity contribution in [3.63, 3.8) is 0 Å². The van der Waals surface area contributed by atoms with E-state index in [0.717, 1.165) is 11.3 Å². The highest BCUT2D eigenvalue weighted by molar-refractivity contribution is 7.93. The predicted octanol–water partition coefficient (Wildman–Crippen LogP) is 4.48. The number of aliphatic carboxylic acids is 1. The fraction of sp³-hybridized carbons (Fsp3) is 0.231. The molecule has 24 heavy (non-hydrogen) atoms. The van der Waals surface area contributed by atoms with Crippen LogP contribution in [0.4, 0.5) is 5.13 Å². The summed E-state index contributed by atoms with van der Waals surface area (Å²) >= 11 is 18.5. The van der Waals surface area contributed by atoms with Crippen molar-refractivity contribution in [1.29, 1.82) is 0 Å². The fourth-order valence-corrected chi connectivity index (χ4v) is 5.09. The number of carboxylic acids is 1. The number of thiazole rings is 1. The minimum atomic E-state index is -4.05. The molecule has 0 saturated carbocycles. The van der Waals surface area contributed by atoms with E-state index in [1.807, 2.05) is 0 Å². The number of carboxylic acid groups (broad SMARTS) is 1. The highest BCUT2D eigenvalue weighted by Gasteiger charge is 2.24. The number of carbonyl (C=O) groups is 1. The lowest BCUT2D eigenvalue weighted by atomic mass is 10.1. The Morgan fingerprint density at radius 3 is 2.58 bits per heavy atom. The smallest absolute Gasteiger partial charge is 0.311 e. The van der Waals surface area contributed by atoms with Gasteiger partial charge in [0.05, 0.1) is 21.0 Å². The SMILES string of the molecule is CCC(C(=O)O)c1cnc(NS(=O)(=O)c2ccc(Cl)c(Cl)c2Cl)s1. The molecule has 0 radical (unpaired) electrons. The van der Waals surface area contributed by atoms with Gasteiger partial charge in [-0.2, -0.15) is 0 Å². The molecule has 0 amide bonds. The molecule has 2 aromatic rings. The second-order valence-electron chi connectivity index (χ2n) is 4.65. The Morgan fingerprint density at radius 1 is 1.33 bits per heavy atom. The largest absolute Gasteiger partial charge is 0.481 e. The average molecular weight is 430 g/mol. The van der Waals surface area contributed by atoms with Crippen molar-refractivity contribution in [2.24, 2.45) is 0 Å². The standard InChI is InChI=1S/C13H11Cl3N2O4S2/c1-2-6(12(19)20)8-5-17-13(23-8)18-24(21,22)9-4-3-7(14)10(15)11(9)16/h3-6H,2H2,1H3,(H,17,18)(H,19,20). The first-order chi connectivity index (χ1) is 11.2. The maximum atomic E-state index is 12.4. The van der Waals surface area contributed by atoms with E-state index >= 15 is 0 Å². The van der Waals surface area contributed by atoms with Gasteiger partial charge in [-0.05, 0) is 18.6 Å². The number of rotatable bonds is 6. The summed E-state index contributed by atoms with van der Waals surface area (Å²) in [7, 11) is -4.05. The van der Waals surface area contributed by atoms with Crippen molar-refractivity contribution in [1.82, 2.24) is 4.98 Å². The van der Waals surface area contributed by atoms with Gasteiger partial charge < -0.3 is 5.11 Å². The highest BCUT2D eigenvalue weighted by atomic mass is 35.5. The first-order valence-corrected chi connectivity index (χ1v) is 9.95. The van der Waals surface area contributed by atoms with Crippen molar-refractivity contribution in [2.45, 2.75) is 24.2 Å². The van der Waals surface area contributed by atoms with E-state index in [9.17, 15) is 13.2 Å².